The molecule has 0 spiro atoms. The van der Waals surface area contributed by atoms with Crippen LogP contribution in [-0.2, 0) is 4.74 Å². The van der Waals surface area contributed by atoms with Crippen LogP contribution < -0.4 is 0 Å². The zero-order valence-corrected chi connectivity index (χ0v) is 6.64. The number of hydrogen-bond donors (Lipinski definition) is 3. The fourth-order valence-corrected chi connectivity index (χ4v) is 1.28. The third-order valence-corrected chi connectivity index (χ3v) is 2.01. The second-order valence-electron chi connectivity index (χ2n) is 3.03. The highest BCUT2D eigenvalue weighted by molar-refractivity contribution is 6.11. The molecule has 0 aromatic carbocycles. The van der Waals surface area contributed by atoms with Crippen molar-refractivity contribution >= 4 is 7.85 Å². The number of hydrogen-bond acceptors (Lipinski definition) is 4. The summed E-state index contributed by atoms with van der Waals surface area (Å²) in [6.07, 6.45) is -3.25. The van der Waals surface area contributed by atoms with Gasteiger partial charge in [-0.3, -0.25) is 0 Å². The minimum absolute atomic E-state index is 0.399. The van der Waals surface area contributed by atoms with E-state index >= 15 is 0 Å². The van der Waals surface area contributed by atoms with Crippen LogP contribution >= 0.6 is 0 Å². The zero-order valence-electron chi connectivity index (χ0n) is 6.64. The number of aliphatic hydroxyl groups excluding tert-OH is 3. The molecule has 1 heterocycles. The van der Waals surface area contributed by atoms with Gasteiger partial charge in [0.25, 0.3) is 0 Å². The van der Waals surface area contributed by atoms with Crippen molar-refractivity contribution in [3.8, 4) is 0 Å². The molecule has 0 amide bonds. The topological polar surface area (TPSA) is 69.9 Å². The molecule has 1 fully saturated rings. The van der Waals surface area contributed by atoms with Crippen LogP contribution in [0.5, 0.6) is 0 Å². The van der Waals surface area contributed by atoms with Crippen molar-refractivity contribution in [2.75, 3.05) is 0 Å². The summed E-state index contributed by atoms with van der Waals surface area (Å²) >= 11 is 0. The van der Waals surface area contributed by atoms with Gasteiger partial charge in [0.2, 0.25) is 0 Å². The Balaban J connectivity index is 2.59. The van der Waals surface area contributed by atoms with Crippen LogP contribution in [0.2, 0.25) is 0 Å². The molecule has 11 heavy (non-hydrogen) atoms. The summed E-state index contributed by atoms with van der Waals surface area (Å²) in [5.74, 6) is 0. The van der Waals surface area contributed by atoms with Crippen molar-refractivity contribution in [1.82, 2.24) is 0 Å². The molecular weight excluding hydrogens is 147 g/mol. The average Bonchev–Trinajstić information content (AvgIpc) is 2.17. The minimum Gasteiger partial charge on any atom is -0.391 e. The van der Waals surface area contributed by atoms with E-state index in [0.29, 0.717) is 0 Å². The Kier molecular flexibility index (Phi) is 2.54. The van der Waals surface area contributed by atoms with E-state index in [-0.39, 0.29) is 0 Å². The monoisotopic (exact) mass is 160 g/mol. The Morgan fingerprint density at radius 2 is 1.91 bits per heavy atom. The first-order valence-corrected chi connectivity index (χ1v) is 3.73. The van der Waals surface area contributed by atoms with Gasteiger partial charge in [-0.25, -0.2) is 0 Å². The van der Waals surface area contributed by atoms with E-state index in [2.05, 4.69) is 0 Å². The van der Waals surface area contributed by atoms with Gasteiger partial charge in [0.15, 0.2) is 0 Å². The Labute approximate surface area is 66.2 Å². The molecule has 1 aliphatic rings. The predicted octanol–water partition coefficient (Wildman–Crippen LogP) is -2.55. The number of ether oxygens (including phenoxy) is 1. The molecule has 1 saturated heterocycles. The first kappa shape index (κ1) is 9.00. The Morgan fingerprint density at radius 3 is 2.09 bits per heavy atom. The summed E-state index contributed by atoms with van der Waals surface area (Å²) in [5, 5.41) is 27.5. The van der Waals surface area contributed by atoms with Gasteiger partial charge in [-0.1, -0.05) is 0 Å². The van der Waals surface area contributed by atoms with Crippen LogP contribution in [0.15, 0.2) is 0 Å². The number of rotatable bonds is 1. The van der Waals surface area contributed by atoms with Crippen LogP contribution in [0.3, 0.4) is 0 Å². The molecule has 0 aromatic rings. The predicted molar refractivity (Wildman–Crippen MR) is 40.9 cm³/mol. The van der Waals surface area contributed by atoms with Crippen molar-refractivity contribution in [3.63, 3.8) is 0 Å². The zero-order chi connectivity index (χ0) is 8.59. The Hall–Kier alpha value is -0.0951. The third kappa shape index (κ3) is 1.56. The maximum Gasteiger partial charge on any atom is 0.142 e. The van der Waals surface area contributed by atoms with Gasteiger partial charge in [-0.15, -0.1) is 0 Å². The van der Waals surface area contributed by atoms with Gasteiger partial charge in [0, 0.05) is 0 Å². The lowest BCUT2D eigenvalue weighted by Gasteiger charge is -2.16. The Bertz CT molecular complexity index is 141. The van der Waals surface area contributed by atoms with E-state index in [0.717, 1.165) is 0 Å². The van der Waals surface area contributed by atoms with E-state index < -0.39 is 30.4 Å². The molecule has 5 heteroatoms. The van der Waals surface area contributed by atoms with Crippen molar-refractivity contribution < 1.29 is 20.1 Å². The summed E-state index contributed by atoms with van der Waals surface area (Å²) in [5.41, 5.74) is 0. The summed E-state index contributed by atoms with van der Waals surface area (Å²) < 4.78 is 5.10. The molecule has 5 atom stereocenters. The van der Waals surface area contributed by atoms with Gasteiger partial charge in [-0.2, -0.15) is 0 Å². The molecular formula is C6H13BO4. The van der Waals surface area contributed by atoms with Gasteiger partial charge in [0.1, 0.15) is 26.2 Å². The summed E-state index contributed by atoms with van der Waals surface area (Å²) in [6, 6.07) is -0.399. The lowest BCUT2D eigenvalue weighted by molar-refractivity contribution is -0.0468. The smallest absolute Gasteiger partial charge is 0.142 e. The summed E-state index contributed by atoms with van der Waals surface area (Å²) in [7, 11) is 1.66. The lowest BCUT2D eigenvalue weighted by atomic mass is 9.93. The van der Waals surface area contributed by atoms with Gasteiger partial charge < -0.3 is 20.1 Å². The first-order chi connectivity index (χ1) is 5.04. The molecule has 4 nitrogen and oxygen atoms in total. The highest BCUT2D eigenvalue weighted by Gasteiger charge is 2.41. The van der Waals surface area contributed by atoms with E-state index in [9.17, 15) is 10.2 Å². The molecule has 0 radical (unpaired) electrons. The SMILES string of the molecule is B[C@@H]1O[C@H](C(C)O)C(O)[C@@H]1O. The van der Waals surface area contributed by atoms with Crippen LogP contribution in [0.1, 0.15) is 6.92 Å². The fourth-order valence-electron chi connectivity index (χ4n) is 1.28. The van der Waals surface area contributed by atoms with E-state index in [1.165, 1.54) is 6.92 Å². The fraction of sp³-hybridized carbons (Fsp3) is 1.00. The highest BCUT2D eigenvalue weighted by Crippen LogP contribution is 2.21. The van der Waals surface area contributed by atoms with Crippen LogP contribution in [0.4, 0.5) is 0 Å². The van der Waals surface area contributed by atoms with Crippen LogP contribution in [-0.4, -0.2) is 53.6 Å². The largest absolute Gasteiger partial charge is 0.391 e. The first-order valence-electron chi connectivity index (χ1n) is 3.73. The van der Waals surface area contributed by atoms with E-state index in [1.54, 1.807) is 7.85 Å². The molecule has 0 bridgehead atoms. The van der Waals surface area contributed by atoms with Crippen molar-refractivity contribution in [2.24, 2.45) is 0 Å². The summed E-state index contributed by atoms with van der Waals surface area (Å²) in [4.78, 5) is 0. The standard InChI is InChI=1S/C6H13BO4/c1-2(8)5-3(9)4(10)6(7)11-5/h2-6,8-10H,7H2,1H3/t2?,3?,4-,5+,6+/m0/s1. The quantitative estimate of drug-likeness (QED) is 0.369. The Morgan fingerprint density at radius 1 is 1.36 bits per heavy atom. The second-order valence-corrected chi connectivity index (χ2v) is 3.03. The maximum absolute atomic E-state index is 9.26. The third-order valence-electron chi connectivity index (χ3n) is 2.01. The minimum atomic E-state index is -0.968. The van der Waals surface area contributed by atoms with Gasteiger partial charge >= 0.3 is 0 Å². The molecule has 1 aliphatic heterocycles. The van der Waals surface area contributed by atoms with Crippen LogP contribution in [0.25, 0.3) is 0 Å². The normalized spacial score (nSPS) is 47.6. The summed E-state index contributed by atoms with van der Waals surface area (Å²) in [6.45, 7) is 1.53. The molecule has 0 aromatic heterocycles. The maximum atomic E-state index is 9.26. The average molecular weight is 160 g/mol. The molecule has 0 aliphatic carbocycles. The van der Waals surface area contributed by atoms with Crippen molar-refractivity contribution in [2.45, 2.75) is 37.3 Å². The second kappa shape index (κ2) is 3.10. The number of aliphatic hydroxyl groups is 3. The molecule has 0 saturated carbocycles. The van der Waals surface area contributed by atoms with Crippen molar-refractivity contribution in [3.05, 3.63) is 0 Å². The lowest BCUT2D eigenvalue weighted by Crippen LogP contribution is -2.37. The van der Waals surface area contributed by atoms with Gasteiger partial charge in [-0.05, 0) is 6.92 Å². The molecule has 64 valence electrons. The van der Waals surface area contributed by atoms with E-state index in [4.69, 9.17) is 9.84 Å². The molecule has 1 rings (SSSR count). The van der Waals surface area contributed by atoms with Crippen LogP contribution in [0, 0.1) is 0 Å². The molecule has 3 N–H and O–H groups in total. The highest BCUT2D eigenvalue weighted by atomic mass is 16.5. The van der Waals surface area contributed by atoms with Crippen molar-refractivity contribution in [1.29, 1.82) is 0 Å². The van der Waals surface area contributed by atoms with E-state index in [1.807, 2.05) is 0 Å². The molecule has 2 unspecified atom stereocenters. The van der Waals surface area contributed by atoms with Gasteiger partial charge in [0.05, 0.1) is 12.1 Å².